The maximum Gasteiger partial charge on any atom is -0.0351 e. The van der Waals surface area contributed by atoms with Crippen molar-refractivity contribution in [1.29, 1.82) is 0 Å². The van der Waals surface area contributed by atoms with E-state index in [2.05, 4.69) is 65.8 Å². The van der Waals surface area contributed by atoms with Crippen LogP contribution in [0.5, 0.6) is 0 Å². The first kappa shape index (κ1) is 25.7. The van der Waals surface area contributed by atoms with Crippen molar-refractivity contribution in [2.75, 3.05) is 0 Å². The summed E-state index contributed by atoms with van der Waals surface area (Å²) in [5, 5.41) is 0. The van der Waals surface area contributed by atoms with Crippen molar-refractivity contribution in [3.05, 3.63) is 24.3 Å². The second kappa shape index (κ2) is 22.5. The van der Waals surface area contributed by atoms with Crippen LogP contribution in [0.4, 0.5) is 0 Å². The van der Waals surface area contributed by atoms with Crippen molar-refractivity contribution >= 4 is 0 Å². The van der Waals surface area contributed by atoms with Gasteiger partial charge in [0.1, 0.15) is 0 Å². The van der Waals surface area contributed by atoms with E-state index in [1.54, 1.807) is 0 Å². The van der Waals surface area contributed by atoms with Crippen molar-refractivity contribution in [3.8, 4) is 0 Å². The van der Waals surface area contributed by atoms with Crippen LogP contribution in [0, 0.1) is 11.8 Å². The van der Waals surface area contributed by atoms with Gasteiger partial charge in [-0.3, -0.25) is 0 Å². The molecule has 0 atom stereocenters. The van der Waals surface area contributed by atoms with Crippen LogP contribution in [0.3, 0.4) is 0 Å². The predicted molar refractivity (Wildman–Crippen MR) is 115 cm³/mol. The summed E-state index contributed by atoms with van der Waals surface area (Å²) in [5.74, 6) is 1.67. The van der Waals surface area contributed by atoms with Gasteiger partial charge in [0.25, 0.3) is 0 Å². The van der Waals surface area contributed by atoms with E-state index in [1.165, 1.54) is 77.0 Å². The first-order valence-corrected chi connectivity index (χ1v) is 10.8. The molecular formula is C24H48. The molecule has 0 aliphatic heterocycles. The van der Waals surface area contributed by atoms with E-state index in [9.17, 15) is 0 Å². The molecule has 0 fully saturated rings. The van der Waals surface area contributed by atoms with Gasteiger partial charge in [0.15, 0.2) is 0 Å². The zero-order valence-electron chi connectivity index (χ0n) is 17.9. The quantitative estimate of drug-likeness (QED) is 0.387. The SMILES string of the molecule is C1=CCCCCCC1.C1=CCCCCCC1.CC(C)C.CC(C)C. The third kappa shape index (κ3) is 37.6. The molecule has 0 nitrogen and oxygen atoms in total. The summed E-state index contributed by atoms with van der Waals surface area (Å²) in [6.07, 6.45) is 26.0. The fourth-order valence-corrected chi connectivity index (χ4v) is 2.23. The molecule has 0 N–H and O–H groups in total. The normalized spacial score (nSPS) is 17.7. The molecule has 0 aromatic carbocycles. The molecule has 0 radical (unpaired) electrons. The highest BCUT2D eigenvalue weighted by molar-refractivity contribution is 4.83. The molecule has 2 aliphatic carbocycles. The fraction of sp³-hybridized carbons (Fsp3) is 0.833. The Bertz CT molecular complexity index is 204. The van der Waals surface area contributed by atoms with Gasteiger partial charge in [0, 0.05) is 0 Å². The Labute approximate surface area is 155 Å². The maximum absolute atomic E-state index is 2.32. The third-order valence-corrected chi connectivity index (χ3v) is 3.32. The lowest BCUT2D eigenvalue weighted by molar-refractivity contribution is 0.638. The van der Waals surface area contributed by atoms with Crippen LogP contribution in [-0.2, 0) is 0 Å². The van der Waals surface area contributed by atoms with Crippen molar-refractivity contribution in [3.63, 3.8) is 0 Å². The van der Waals surface area contributed by atoms with E-state index in [-0.39, 0.29) is 0 Å². The molecule has 0 amide bonds. The molecule has 2 rings (SSSR count). The van der Waals surface area contributed by atoms with E-state index in [0.29, 0.717) is 0 Å². The highest BCUT2D eigenvalue weighted by Gasteiger charge is 1.90. The van der Waals surface area contributed by atoms with Crippen LogP contribution in [-0.4, -0.2) is 0 Å². The lowest BCUT2D eigenvalue weighted by Crippen LogP contribution is -1.80. The maximum atomic E-state index is 2.32. The van der Waals surface area contributed by atoms with Crippen LogP contribution >= 0.6 is 0 Å². The summed E-state index contributed by atoms with van der Waals surface area (Å²) in [6, 6.07) is 0. The van der Waals surface area contributed by atoms with Gasteiger partial charge in [-0.15, -0.1) is 0 Å². The van der Waals surface area contributed by atoms with Gasteiger partial charge in [0.05, 0.1) is 0 Å². The summed E-state index contributed by atoms with van der Waals surface area (Å²) in [6.45, 7) is 13.0. The topological polar surface area (TPSA) is 0 Å². The number of allylic oxidation sites excluding steroid dienone is 4. The highest BCUT2D eigenvalue weighted by Crippen LogP contribution is 2.10. The average molecular weight is 337 g/mol. The van der Waals surface area contributed by atoms with E-state index in [4.69, 9.17) is 0 Å². The van der Waals surface area contributed by atoms with Gasteiger partial charge >= 0.3 is 0 Å². The molecule has 0 aromatic heterocycles. The van der Waals surface area contributed by atoms with Gasteiger partial charge in [-0.25, -0.2) is 0 Å². The minimum atomic E-state index is 0.833. The Morgan fingerprint density at radius 2 is 0.542 bits per heavy atom. The van der Waals surface area contributed by atoms with E-state index >= 15 is 0 Å². The summed E-state index contributed by atoms with van der Waals surface area (Å²) < 4.78 is 0. The molecule has 0 heterocycles. The number of hydrogen-bond acceptors (Lipinski definition) is 0. The summed E-state index contributed by atoms with van der Waals surface area (Å²) in [7, 11) is 0. The van der Waals surface area contributed by atoms with E-state index in [1.807, 2.05) is 0 Å². The molecular weight excluding hydrogens is 288 g/mol. The van der Waals surface area contributed by atoms with Crippen molar-refractivity contribution in [2.45, 2.75) is 119 Å². The van der Waals surface area contributed by atoms with Gasteiger partial charge in [-0.2, -0.15) is 0 Å². The molecule has 24 heavy (non-hydrogen) atoms. The molecule has 0 saturated carbocycles. The lowest BCUT2D eigenvalue weighted by atomic mass is 10.1. The molecule has 0 heteroatoms. The minimum absolute atomic E-state index is 0.833. The second-order valence-electron chi connectivity index (χ2n) is 8.39. The Morgan fingerprint density at radius 1 is 0.375 bits per heavy atom. The summed E-state index contributed by atoms with van der Waals surface area (Å²) in [4.78, 5) is 0. The van der Waals surface area contributed by atoms with Crippen molar-refractivity contribution < 1.29 is 0 Å². The first-order valence-electron chi connectivity index (χ1n) is 10.8. The highest BCUT2D eigenvalue weighted by atomic mass is 14.0. The van der Waals surface area contributed by atoms with Crippen LogP contribution < -0.4 is 0 Å². The average Bonchev–Trinajstić information content (AvgIpc) is 2.35. The number of rotatable bonds is 0. The van der Waals surface area contributed by atoms with E-state index in [0.717, 1.165) is 11.8 Å². The van der Waals surface area contributed by atoms with Gasteiger partial charge in [-0.1, -0.05) is 91.5 Å². The largest absolute Gasteiger partial charge is 0.0885 e. The molecule has 0 unspecified atom stereocenters. The Kier molecular flexibility index (Phi) is 24.1. The van der Waals surface area contributed by atoms with Gasteiger partial charge in [0.2, 0.25) is 0 Å². The number of hydrogen-bond donors (Lipinski definition) is 0. The molecule has 0 spiro atoms. The molecule has 0 bridgehead atoms. The van der Waals surface area contributed by atoms with Crippen LogP contribution in [0.25, 0.3) is 0 Å². The van der Waals surface area contributed by atoms with Crippen molar-refractivity contribution in [1.82, 2.24) is 0 Å². The van der Waals surface area contributed by atoms with Crippen LogP contribution in [0.15, 0.2) is 24.3 Å². The van der Waals surface area contributed by atoms with Crippen LogP contribution in [0.2, 0.25) is 0 Å². The molecule has 2 aliphatic rings. The van der Waals surface area contributed by atoms with Crippen molar-refractivity contribution in [2.24, 2.45) is 11.8 Å². The summed E-state index contributed by atoms with van der Waals surface area (Å²) in [5.41, 5.74) is 0. The third-order valence-electron chi connectivity index (χ3n) is 3.32. The zero-order chi connectivity index (χ0) is 18.5. The predicted octanol–water partition coefficient (Wildman–Crippen LogP) is 9.12. The standard InChI is InChI=1S/2C8H14.2C4H10/c2*1-2-4-6-8-7-5-3-1;2*1-4(2)3/h2*1-2H,3-8H2;2*4H,1-3H3. The first-order chi connectivity index (χ1) is 11.5. The van der Waals surface area contributed by atoms with E-state index < -0.39 is 0 Å². The Balaban J connectivity index is 0. The zero-order valence-corrected chi connectivity index (χ0v) is 17.9. The fourth-order valence-electron chi connectivity index (χ4n) is 2.23. The minimum Gasteiger partial charge on any atom is -0.0885 e. The second-order valence-corrected chi connectivity index (χ2v) is 8.39. The van der Waals surface area contributed by atoms with Gasteiger partial charge < -0.3 is 0 Å². The smallest absolute Gasteiger partial charge is 0.0351 e. The van der Waals surface area contributed by atoms with Crippen LogP contribution in [0.1, 0.15) is 119 Å². The Hall–Kier alpha value is -0.520. The molecule has 0 aromatic rings. The monoisotopic (exact) mass is 336 g/mol. The van der Waals surface area contributed by atoms with Gasteiger partial charge in [-0.05, 0) is 63.2 Å². The Morgan fingerprint density at radius 3 is 0.708 bits per heavy atom. The molecule has 144 valence electrons. The lowest BCUT2D eigenvalue weighted by Gasteiger charge is -2.00. The summed E-state index contributed by atoms with van der Waals surface area (Å²) >= 11 is 0. The molecule has 0 saturated heterocycles.